The predicted molar refractivity (Wildman–Crippen MR) is 95.1 cm³/mol. The van der Waals surface area contributed by atoms with Gasteiger partial charge < -0.3 is 19.8 Å². The Morgan fingerprint density at radius 3 is 2.84 bits per heavy atom. The van der Waals surface area contributed by atoms with Gasteiger partial charge in [0.15, 0.2) is 0 Å². The summed E-state index contributed by atoms with van der Waals surface area (Å²) in [6, 6.07) is 7.77. The van der Waals surface area contributed by atoms with E-state index in [1.54, 1.807) is 6.26 Å². The molecular formula is C19H25N3O3. The predicted octanol–water partition coefficient (Wildman–Crippen LogP) is 3.41. The van der Waals surface area contributed by atoms with Crippen LogP contribution in [0.4, 0.5) is 4.79 Å². The lowest BCUT2D eigenvalue weighted by Crippen LogP contribution is -2.37. The third-order valence-corrected chi connectivity index (χ3v) is 4.31. The van der Waals surface area contributed by atoms with Crippen molar-refractivity contribution in [2.75, 3.05) is 13.2 Å². The molecule has 1 atom stereocenters. The number of aryl methyl sites for hydroxylation is 1. The number of aromatic nitrogens is 1. The largest absolute Gasteiger partial charge is 0.444 e. The van der Waals surface area contributed by atoms with E-state index in [0.717, 1.165) is 31.4 Å². The summed E-state index contributed by atoms with van der Waals surface area (Å²) >= 11 is 0. The molecule has 1 fully saturated rings. The maximum atomic E-state index is 11.9. The van der Waals surface area contributed by atoms with Crippen molar-refractivity contribution in [3.05, 3.63) is 41.8 Å². The van der Waals surface area contributed by atoms with Crippen LogP contribution < -0.4 is 10.6 Å². The molecule has 1 aromatic carbocycles. The van der Waals surface area contributed by atoms with Crippen LogP contribution >= 0.6 is 0 Å². The lowest BCUT2D eigenvalue weighted by molar-refractivity contribution is 0.0120. The molecule has 2 aromatic rings. The smallest absolute Gasteiger partial charge is 0.315 e. The molecule has 0 radical (unpaired) electrons. The molecule has 25 heavy (non-hydrogen) atoms. The lowest BCUT2D eigenvalue weighted by atomic mass is 10.1. The first kappa shape index (κ1) is 17.5. The summed E-state index contributed by atoms with van der Waals surface area (Å²) in [5.74, 6) is 0.562. The summed E-state index contributed by atoms with van der Waals surface area (Å²) in [5.41, 5.74) is 2.81. The molecule has 134 valence electrons. The number of benzene rings is 1. The van der Waals surface area contributed by atoms with Crippen molar-refractivity contribution in [2.45, 2.75) is 45.3 Å². The van der Waals surface area contributed by atoms with E-state index >= 15 is 0 Å². The number of urea groups is 1. The van der Waals surface area contributed by atoms with Gasteiger partial charge in [-0.1, -0.05) is 17.7 Å². The van der Waals surface area contributed by atoms with Crippen molar-refractivity contribution in [3.8, 4) is 11.5 Å². The Labute approximate surface area is 148 Å². The zero-order valence-electron chi connectivity index (χ0n) is 14.6. The fraction of sp³-hybridized carbons (Fsp3) is 0.474. The number of amides is 2. The molecule has 2 N–H and O–H groups in total. The Balaban J connectivity index is 1.39. The number of nitrogens with one attached hydrogen (secondary N) is 2. The second-order valence-corrected chi connectivity index (χ2v) is 6.40. The number of hydrogen-bond donors (Lipinski definition) is 2. The summed E-state index contributed by atoms with van der Waals surface area (Å²) in [4.78, 5) is 16.3. The van der Waals surface area contributed by atoms with Gasteiger partial charge in [-0.25, -0.2) is 9.78 Å². The van der Waals surface area contributed by atoms with Gasteiger partial charge in [-0.2, -0.15) is 0 Å². The number of hydrogen-bond acceptors (Lipinski definition) is 4. The van der Waals surface area contributed by atoms with Crippen LogP contribution in [0.3, 0.4) is 0 Å². The first-order valence-electron chi connectivity index (χ1n) is 8.85. The van der Waals surface area contributed by atoms with Crippen LogP contribution in [0.1, 0.15) is 36.9 Å². The minimum absolute atomic E-state index is 0.198. The minimum atomic E-state index is -0.198. The standard InChI is InChI=1S/C19H25N3O3/c1-14-5-7-15(8-6-14)18-22-16(13-25-18)12-21-19(23)20-10-9-17-4-2-3-11-24-17/h5-8,13,17H,2-4,9-12H2,1H3,(H2,20,21,23). The number of carbonyl (C=O) groups excluding carboxylic acids is 1. The molecule has 0 spiro atoms. The molecule has 6 heteroatoms. The molecular weight excluding hydrogens is 318 g/mol. The van der Waals surface area contributed by atoms with Crippen molar-refractivity contribution in [3.63, 3.8) is 0 Å². The molecule has 1 aliphatic rings. The maximum Gasteiger partial charge on any atom is 0.315 e. The van der Waals surface area contributed by atoms with Gasteiger partial charge in [0.05, 0.1) is 18.3 Å². The second kappa shape index (κ2) is 8.67. The van der Waals surface area contributed by atoms with E-state index in [2.05, 4.69) is 15.6 Å². The van der Waals surface area contributed by atoms with Crippen LogP contribution in [-0.2, 0) is 11.3 Å². The van der Waals surface area contributed by atoms with Crippen LogP contribution in [0.25, 0.3) is 11.5 Å². The zero-order chi connectivity index (χ0) is 17.5. The first-order chi connectivity index (χ1) is 12.2. The van der Waals surface area contributed by atoms with Gasteiger partial charge >= 0.3 is 6.03 Å². The zero-order valence-corrected chi connectivity index (χ0v) is 14.6. The Kier molecular flexibility index (Phi) is 6.06. The van der Waals surface area contributed by atoms with E-state index in [4.69, 9.17) is 9.15 Å². The van der Waals surface area contributed by atoms with Crippen molar-refractivity contribution >= 4 is 6.03 Å². The highest BCUT2D eigenvalue weighted by atomic mass is 16.5. The van der Waals surface area contributed by atoms with Crippen LogP contribution in [0.5, 0.6) is 0 Å². The second-order valence-electron chi connectivity index (χ2n) is 6.40. The Bertz CT molecular complexity index is 675. The number of nitrogens with zero attached hydrogens (tertiary/aromatic N) is 1. The first-order valence-corrected chi connectivity index (χ1v) is 8.85. The average Bonchev–Trinajstić information content (AvgIpc) is 3.10. The molecule has 2 amide bonds. The molecule has 1 aliphatic heterocycles. The fourth-order valence-corrected chi connectivity index (χ4v) is 2.83. The molecule has 1 aromatic heterocycles. The van der Waals surface area contributed by atoms with Gasteiger partial charge in [0, 0.05) is 18.7 Å². The molecule has 0 saturated carbocycles. The molecule has 0 aliphatic carbocycles. The van der Waals surface area contributed by atoms with Crippen molar-refractivity contribution in [2.24, 2.45) is 0 Å². The number of ether oxygens (including phenoxy) is 1. The SMILES string of the molecule is Cc1ccc(-c2nc(CNC(=O)NCCC3CCCCO3)co2)cc1. The van der Waals surface area contributed by atoms with Crippen LogP contribution in [0.2, 0.25) is 0 Å². The average molecular weight is 343 g/mol. The van der Waals surface area contributed by atoms with Crippen molar-refractivity contribution in [1.82, 2.24) is 15.6 Å². The molecule has 1 saturated heterocycles. The summed E-state index contributed by atoms with van der Waals surface area (Å²) < 4.78 is 11.1. The number of oxazole rings is 1. The van der Waals surface area contributed by atoms with E-state index in [-0.39, 0.29) is 12.1 Å². The molecule has 6 nitrogen and oxygen atoms in total. The minimum Gasteiger partial charge on any atom is -0.444 e. The summed E-state index contributed by atoms with van der Waals surface area (Å²) in [5, 5.41) is 5.65. The van der Waals surface area contributed by atoms with Gasteiger partial charge in [0.2, 0.25) is 5.89 Å². The fourth-order valence-electron chi connectivity index (χ4n) is 2.83. The number of rotatable bonds is 6. The van der Waals surface area contributed by atoms with E-state index in [9.17, 15) is 4.79 Å². The Morgan fingerprint density at radius 2 is 2.08 bits per heavy atom. The summed E-state index contributed by atoms with van der Waals surface area (Å²) in [6.07, 6.45) is 6.16. The van der Waals surface area contributed by atoms with Crippen molar-refractivity contribution in [1.29, 1.82) is 0 Å². The lowest BCUT2D eigenvalue weighted by Gasteiger charge is -2.22. The third kappa shape index (κ3) is 5.32. The van der Waals surface area contributed by atoms with Crippen molar-refractivity contribution < 1.29 is 13.9 Å². The number of carbonyl (C=O) groups is 1. The van der Waals surface area contributed by atoms with Gasteiger partial charge in [-0.3, -0.25) is 0 Å². The van der Waals surface area contributed by atoms with Gasteiger partial charge in [0.1, 0.15) is 6.26 Å². The maximum absolute atomic E-state index is 11.9. The molecule has 2 heterocycles. The van der Waals surface area contributed by atoms with Gasteiger partial charge in [0.25, 0.3) is 0 Å². The quantitative estimate of drug-likeness (QED) is 0.843. The van der Waals surface area contributed by atoms with Crippen LogP contribution in [0.15, 0.2) is 34.9 Å². The van der Waals surface area contributed by atoms with Gasteiger partial charge in [-0.15, -0.1) is 0 Å². The molecule has 1 unspecified atom stereocenters. The van der Waals surface area contributed by atoms with Gasteiger partial charge in [-0.05, 0) is 44.7 Å². The monoisotopic (exact) mass is 343 g/mol. The normalized spacial score (nSPS) is 17.2. The van der Waals surface area contributed by atoms with E-state index in [0.29, 0.717) is 24.7 Å². The Hall–Kier alpha value is -2.34. The molecule has 3 rings (SSSR count). The van der Waals surface area contributed by atoms with E-state index in [1.165, 1.54) is 12.0 Å². The summed E-state index contributed by atoms with van der Waals surface area (Å²) in [6.45, 7) is 3.82. The topological polar surface area (TPSA) is 76.4 Å². The highest BCUT2D eigenvalue weighted by Crippen LogP contribution is 2.19. The highest BCUT2D eigenvalue weighted by molar-refractivity contribution is 5.73. The Morgan fingerprint density at radius 1 is 1.24 bits per heavy atom. The third-order valence-electron chi connectivity index (χ3n) is 4.31. The van der Waals surface area contributed by atoms with E-state index < -0.39 is 0 Å². The highest BCUT2D eigenvalue weighted by Gasteiger charge is 2.14. The van der Waals surface area contributed by atoms with Crippen LogP contribution in [-0.4, -0.2) is 30.3 Å². The van der Waals surface area contributed by atoms with E-state index in [1.807, 2.05) is 31.2 Å². The summed E-state index contributed by atoms with van der Waals surface area (Å²) in [7, 11) is 0. The molecule has 0 bridgehead atoms. The van der Waals surface area contributed by atoms with Crippen LogP contribution in [0, 0.1) is 6.92 Å².